The smallest absolute Gasteiger partial charge is 0.145 e. The van der Waals surface area contributed by atoms with Gasteiger partial charge in [0, 0.05) is 46.6 Å². The SMILES string of the molecule is C#CC#CC#CC#COc1cc(CCl)c(OC#CC#CC#CC#C)cc1CCl. The lowest BCUT2D eigenvalue weighted by Gasteiger charge is -2.10. The first-order valence-electron chi connectivity index (χ1n) is 7.29. The zero-order chi connectivity index (χ0) is 20.5. The molecule has 0 heterocycles. The number of hydrogen-bond acceptors (Lipinski definition) is 2. The lowest BCUT2D eigenvalue weighted by atomic mass is 10.1. The highest BCUT2D eigenvalue weighted by Crippen LogP contribution is 2.31. The monoisotopic (exact) mass is 398 g/mol. The molecule has 28 heavy (non-hydrogen) atoms. The topological polar surface area (TPSA) is 18.5 Å². The van der Waals surface area contributed by atoms with E-state index in [9.17, 15) is 0 Å². The quantitative estimate of drug-likeness (QED) is 0.572. The number of alkyl halides is 2. The summed E-state index contributed by atoms with van der Waals surface area (Å²) in [4.78, 5) is 0. The first kappa shape index (κ1) is 21.9. The van der Waals surface area contributed by atoms with Crippen LogP contribution in [0, 0.1) is 96.1 Å². The van der Waals surface area contributed by atoms with E-state index in [-0.39, 0.29) is 11.8 Å². The maximum Gasteiger partial charge on any atom is 0.145 e. The summed E-state index contributed by atoms with van der Waals surface area (Å²) in [6, 6.07) is 3.32. The van der Waals surface area contributed by atoms with Crippen LogP contribution in [0.25, 0.3) is 0 Å². The Bertz CT molecular complexity index is 1090. The molecule has 0 amide bonds. The van der Waals surface area contributed by atoms with Gasteiger partial charge in [0.15, 0.2) is 0 Å². The predicted octanol–water partition coefficient (Wildman–Crippen LogP) is 3.12. The number of halogens is 2. The van der Waals surface area contributed by atoms with Crippen LogP contribution in [0.1, 0.15) is 11.1 Å². The zero-order valence-electron chi connectivity index (χ0n) is 14.3. The van der Waals surface area contributed by atoms with Crippen LogP contribution in [0.15, 0.2) is 12.1 Å². The van der Waals surface area contributed by atoms with Gasteiger partial charge in [0.05, 0.1) is 11.8 Å². The summed E-state index contributed by atoms with van der Waals surface area (Å²) in [5.74, 6) is 29.8. The van der Waals surface area contributed by atoms with Crippen molar-refractivity contribution in [3.63, 3.8) is 0 Å². The average Bonchev–Trinajstić information content (AvgIpc) is 2.72. The van der Waals surface area contributed by atoms with Gasteiger partial charge in [-0.3, -0.25) is 0 Å². The zero-order valence-corrected chi connectivity index (χ0v) is 15.8. The van der Waals surface area contributed by atoms with Crippen LogP contribution in [0.5, 0.6) is 11.5 Å². The van der Waals surface area contributed by atoms with E-state index in [1.807, 2.05) is 0 Å². The number of hydrogen-bond donors (Lipinski definition) is 0. The molecule has 0 spiro atoms. The molecule has 0 atom stereocenters. The highest BCUT2D eigenvalue weighted by atomic mass is 35.5. The molecule has 2 nitrogen and oxygen atoms in total. The van der Waals surface area contributed by atoms with Crippen molar-refractivity contribution in [1.29, 1.82) is 0 Å². The first-order chi connectivity index (χ1) is 13.8. The van der Waals surface area contributed by atoms with Crippen molar-refractivity contribution < 1.29 is 9.47 Å². The van der Waals surface area contributed by atoms with E-state index in [1.54, 1.807) is 12.1 Å². The van der Waals surface area contributed by atoms with Crippen LogP contribution in [-0.2, 0) is 11.8 Å². The second-order valence-electron chi connectivity index (χ2n) is 4.28. The summed E-state index contributed by atoms with van der Waals surface area (Å²) >= 11 is 11.9. The van der Waals surface area contributed by atoms with Crippen molar-refractivity contribution in [3.05, 3.63) is 23.3 Å². The second kappa shape index (κ2) is 14.1. The van der Waals surface area contributed by atoms with E-state index >= 15 is 0 Å². The second-order valence-corrected chi connectivity index (χ2v) is 4.82. The van der Waals surface area contributed by atoms with Crippen LogP contribution in [0.2, 0.25) is 0 Å². The van der Waals surface area contributed by atoms with E-state index in [2.05, 4.69) is 83.3 Å². The molecule has 0 fully saturated rings. The summed E-state index contributed by atoms with van der Waals surface area (Å²) in [6.07, 6.45) is 14.8. The lowest BCUT2D eigenvalue weighted by molar-refractivity contribution is 0.497. The molecule has 0 aliphatic heterocycles. The van der Waals surface area contributed by atoms with E-state index in [0.29, 0.717) is 22.6 Å². The van der Waals surface area contributed by atoms with E-state index < -0.39 is 0 Å². The molecule has 4 heteroatoms. The Kier molecular flexibility index (Phi) is 11.0. The number of benzene rings is 1. The fourth-order valence-corrected chi connectivity index (χ4v) is 1.93. The van der Waals surface area contributed by atoms with Gasteiger partial charge in [-0.15, -0.1) is 36.0 Å². The molecule has 0 aliphatic rings. The van der Waals surface area contributed by atoms with Gasteiger partial charge in [-0.1, -0.05) is 0 Å². The van der Waals surface area contributed by atoms with Gasteiger partial charge < -0.3 is 9.47 Å². The van der Waals surface area contributed by atoms with E-state index in [0.717, 1.165) is 0 Å². The summed E-state index contributed by atoms with van der Waals surface area (Å²) in [5, 5.41) is 0. The molecule has 1 aromatic rings. The Balaban J connectivity index is 2.99. The van der Waals surface area contributed by atoms with Crippen molar-refractivity contribution in [3.8, 4) is 108 Å². The summed E-state index contributed by atoms with van der Waals surface area (Å²) in [7, 11) is 0. The Hall–Kier alpha value is -4.12. The maximum absolute atomic E-state index is 5.96. The minimum Gasteiger partial charge on any atom is -0.406 e. The van der Waals surface area contributed by atoms with Crippen LogP contribution in [-0.4, -0.2) is 0 Å². The molecule has 0 bridgehead atoms. The van der Waals surface area contributed by atoms with Gasteiger partial charge in [-0.05, 0) is 47.7 Å². The average molecular weight is 399 g/mol. The number of rotatable bonds is 4. The van der Waals surface area contributed by atoms with E-state index in [4.69, 9.17) is 45.5 Å². The molecule has 0 radical (unpaired) electrons. The molecule has 0 saturated heterocycles. The molecule has 1 aromatic carbocycles. The number of terminal acetylenes is 2. The summed E-state index contributed by atoms with van der Waals surface area (Å²) in [6.45, 7) is 0. The Morgan fingerprint density at radius 3 is 1.32 bits per heavy atom. The van der Waals surface area contributed by atoms with Gasteiger partial charge in [-0.2, -0.15) is 0 Å². The standard InChI is InChI=1S/C24H8Cl2O2/c1-3-5-7-9-11-13-15-27-23-17-22(20-26)24(18-21(23)19-25)28-16-14-12-10-8-6-4-2/h1-2,17-18H,19-20H2. The van der Waals surface area contributed by atoms with Crippen LogP contribution in [0.3, 0.4) is 0 Å². The van der Waals surface area contributed by atoms with Gasteiger partial charge in [0.25, 0.3) is 0 Å². The van der Waals surface area contributed by atoms with Crippen molar-refractivity contribution >= 4 is 23.2 Å². The Morgan fingerprint density at radius 2 is 0.964 bits per heavy atom. The molecule has 130 valence electrons. The van der Waals surface area contributed by atoms with Gasteiger partial charge in [-0.25, -0.2) is 0 Å². The van der Waals surface area contributed by atoms with Gasteiger partial charge in [0.2, 0.25) is 0 Å². The highest BCUT2D eigenvalue weighted by molar-refractivity contribution is 6.18. The number of ether oxygens (including phenoxy) is 2. The summed E-state index contributed by atoms with van der Waals surface area (Å²) < 4.78 is 10.7. The fraction of sp³-hybridized carbons (Fsp3) is 0.0833. The van der Waals surface area contributed by atoms with Crippen molar-refractivity contribution in [2.24, 2.45) is 0 Å². The largest absolute Gasteiger partial charge is 0.406 e. The normalized spacial score (nSPS) is 6.86. The minimum atomic E-state index is 0.157. The Labute approximate surface area is 175 Å². The van der Waals surface area contributed by atoms with Crippen LogP contribution >= 0.6 is 23.2 Å². The third-order valence-electron chi connectivity index (χ3n) is 2.60. The van der Waals surface area contributed by atoms with E-state index in [1.165, 1.54) is 0 Å². The highest BCUT2D eigenvalue weighted by Gasteiger charge is 2.11. The lowest BCUT2D eigenvalue weighted by Crippen LogP contribution is -1.96. The molecular formula is C24H8Cl2O2. The Morgan fingerprint density at radius 1 is 0.607 bits per heavy atom. The third kappa shape index (κ3) is 8.31. The molecule has 0 saturated carbocycles. The molecule has 0 unspecified atom stereocenters. The minimum absolute atomic E-state index is 0.157. The first-order valence-corrected chi connectivity index (χ1v) is 8.36. The third-order valence-corrected chi connectivity index (χ3v) is 3.18. The van der Waals surface area contributed by atoms with Gasteiger partial charge in [0.1, 0.15) is 23.7 Å². The molecular weight excluding hydrogens is 391 g/mol. The van der Waals surface area contributed by atoms with Crippen molar-refractivity contribution in [2.75, 3.05) is 0 Å². The van der Waals surface area contributed by atoms with Crippen molar-refractivity contribution in [2.45, 2.75) is 11.8 Å². The molecule has 0 N–H and O–H groups in total. The fourth-order valence-electron chi connectivity index (χ4n) is 1.51. The van der Waals surface area contributed by atoms with Crippen molar-refractivity contribution in [1.82, 2.24) is 0 Å². The molecule has 1 rings (SSSR count). The van der Waals surface area contributed by atoms with Crippen LogP contribution < -0.4 is 9.47 Å². The molecule has 0 aliphatic carbocycles. The maximum atomic E-state index is 5.96. The predicted molar refractivity (Wildman–Crippen MR) is 111 cm³/mol. The molecule has 0 aromatic heterocycles. The summed E-state index contributed by atoms with van der Waals surface area (Å²) in [5.41, 5.74) is 1.26. The van der Waals surface area contributed by atoms with Gasteiger partial charge >= 0.3 is 0 Å². The van der Waals surface area contributed by atoms with Crippen LogP contribution in [0.4, 0.5) is 0 Å².